The molecule has 1 atom stereocenters. The van der Waals surface area contributed by atoms with Gasteiger partial charge in [-0.25, -0.2) is 4.98 Å². The molecule has 0 aromatic carbocycles. The van der Waals surface area contributed by atoms with E-state index in [1.165, 1.54) is 17.6 Å². The summed E-state index contributed by atoms with van der Waals surface area (Å²) in [5.41, 5.74) is 3.56. The van der Waals surface area contributed by atoms with Crippen LogP contribution in [-0.2, 0) is 24.3 Å². The minimum Gasteiger partial charge on any atom is -0.354 e. The van der Waals surface area contributed by atoms with Crippen molar-refractivity contribution in [3.05, 3.63) is 29.6 Å². The molecule has 2 rings (SSSR count). The summed E-state index contributed by atoms with van der Waals surface area (Å²) in [5.74, 6) is -0.124. The number of carbonyl (C=O) groups is 1. The van der Waals surface area contributed by atoms with Crippen molar-refractivity contribution in [3.8, 4) is 0 Å². The van der Waals surface area contributed by atoms with Crippen LogP contribution in [0.5, 0.6) is 0 Å². The Kier molecular flexibility index (Phi) is 5.30. The summed E-state index contributed by atoms with van der Waals surface area (Å²) < 4.78 is 3.63. The normalized spacial score (nSPS) is 12.4. The lowest BCUT2D eigenvalue weighted by molar-refractivity contribution is -0.125. The molecule has 0 aliphatic rings. The third-order valence-electron chi connectivity index (χ3n) is 3.88. The number of carbonyl (C=O) groups excluding carboxylic acids is 1. The van der Waals surface area contributed by atoms with E-state index in [2.05, 4.69) is 34.3 Å². The number of rotatable bonds is 7. The van der Waals surface area contributed by atoms with Crippen LogP contribution in [0.2, 0.25) is 0 Å². The van der Waals surface area contributed by atoms with Crippen LogP contribution in [0, 0.1) is 19.8 Å². The Bertz CT molecular complexity index is 616. The zero-order chi connectivity index (χ0) is 16.1. The van der Waals surface area contributed by atoms with Crippen molar-refractivity contribution in [3.63, 3.8) is 0 Å². The average Bonchev–Trinajstić information content (AvgIpc) is 3.07. The quantitative estimate of drug-likeness (QED) is 0.831. The number of nitrogens with zero attached hydrogens (tertiary/aromatic N) is 5. The van der Waals surface area contributed by atoms with Crippen LogP contribution in [0.1, 0.15) is 30.8 Å². The Morgan fingerprint density at radius 3 is 2.77 bits per heavy atom. The van der Waals surface area contributed by atoms with Crippen LogP contribution < -0.4 is 5.32 Å². The Labute approximate surface area is 130 Å². The third kappa shape index (κ3) is 3.72. The second-order valence-electron chi connectivity index (χ2n) is 5.54. The van der Waals surface area contributed by atoms with Crippen molar-refractivity contribution in [2.45, 2.75) is 47.2 Å². The molecule has 0 saturated heterocycles. The monoisotopic (exact) mass is 304 g/mol. The lowest BCUT2D eigenvalue weighted by atomic mass is 10.1. The first-order valence-corrected chi connectivity index (χ1v) is 7.66. The summed E-state index contributed by atoms with van der Waals surface area (Å²) in [4.78, 5) is 15.9. The molecule has 0 spiro atoms. The van der Waals surface area contributed by atoms with Gasteiger partial charge < -0.3 is 5.32 Å². The highest BCUT2D eigenvalue weighted by molar-refractivity contribution is 5.78. The molecule has 0 unspecified atom stereocenters. The number of amides is 1. The van der Waals surface area contributed by atoms with Crippen molar-refractivity contribution >= 4 is 5.91 Å². The van der Waals surface area contributed by atoms with Crippen molar-refractivity contribution in [1.82, 2.24) is 29.9 Å². The van der Waals surface area contributed by atoms with Gasteiger partial charge in [0.1, 0.15) is 12.7 Å². The van der Waals surface area contributed by atoms with Crippen molar-refractivity contribution < 1.29 is 4.79 Å². The molecule has 2 aromatic heterocycles. The third-order valence-corrected chi connectivity index (χ3v) is 3.88. The van der Waals surface area contributed by atoms with E-state index in [1.807, 2.05) is 18.5 Å². The second-order valence-corrected chi connectivity index (χ2v) is 5.54. The summed E-state index contributed by atoms with van der Waals surface area (Å²) in [5, 5.41) is 11.5. The van der Waals surface area contributed by atoms with Gasteiger partial charge in [0.05, 0.1) is 24.7 Å². The largest absolute Gasteiger partial charge is 0.354 e. The van der Waals surface area contributed by atoms with Crippen LogP contribution in [0.4, 0.5) is 0 Å². The maximum atomic E-state index is 12.1. The summed E-state index contributed by atoms with van der Waals surface area (Å²) >= 11 is 0. The van der Waals surface area contributed by atoms with E-state index < -0.39 is 0 Å². The second kappa shape index (κ2) is 7.20. The molecule has 2 heterocycles. The van der Waals surface area contributed by atoms with Crippen molar-refractivity contribution in [2.24, 2.45) is 5.92 Å². The SMILES string of the molecule is CCc1c(C)nn(CCNC(=O)[C@@H](C)Cn2cncn2)c1C. The Morgan fingerprint density at radius 1 is 1.41 bits per heavy atom. The van der Waals surface area contributed by atoms with Crippen molar-refractivity contribution in [2.75, 3.05) is 6.54 Å². The Balaban J connectivity index is 1.82. The predicted molar refractivity (Wildman–Crippen MR) is 83.3 cm³/mol. The molecule has 22 heavy (non-hydrogen) atoms. The van der Waals surface area contributed by atoms with Crippen molar-refractivity contribution in [1.29, 1.82) is 0 Å². The van der Waals surface area contributed by atoms with Gasteiger partial charge in [0, 0.05) is 12.2 Å². The first-order valence-electron chi connectivity index (χ1n) is 7.66. The molecule has 1 amide bonds. The Morgan fingerprint density at radius 2 is 2.18 bits per heavy atom. The van der Waals surface area contributed by atoms with Crippen LogP contribution in [0.3, 0.4) is 0 Å². The molecule has 2 aromatic rings. The van der Waals surface area contributed by atoms with E-state index in [9.17, 15) is 4.79 Å². The topological polar surface area (TPSA) is 77.6 Å². The van der Waals surface area contributed by atoms with Crippen LogP contribution in [-0.4, -0.2) is 37.0 Å². The van der Waals surface area contributed by atoms with Gasteiger partial charge >= 0.3 is 0 Å². The van der Waals surface area contributed by atoms with E-state index in [4.69, 9.17) is 0 Å². The van der Waals surface area contributed by atoms with E-state index in [-0.39, 0.29) is 11.8 Å². The maximum absolute atomic E-state index is 12.1. The van der Waals surface area contributed by atoms with Gasteiger partial charge in [0.15, 0.2) is 0 Å². The molecule has 7 heteroatoms. The summed E-state index contributed by atoms with van der Waals surface area (Å²) in [6.07, 6.45) is 4.07. The summed E-state index contributed by atoms with van der Waals surface area (Å²) in [6, 6.07) is 0. The van der Waals surface area contributed by atoms with E-state index >= 15 is 0 Å². The molecule has 7 nitrogen and oxygen atoms in total. The fourth-order valence-electron chi connectivity index (χ4n) is 2.61. The van der Waals surface area contributed by atoms with Gasteiger partial charge in [0.2, 0.25) is 5.91 Å². The molecular weight excluding hydrogens is 280 g/mol. The lowest BCUT2D eigenvalue weighted by Crippen LogP contribution is -2.34. The highest BCUT2D eigenvalue weighted by atomic mass is 16.1. The fourth-order valence-corrected chi connectivity index (χ4v) is 2.61. The predicted octanol–water partition coefficient (Wildman–Crippen LogP) is 1.11. The molecular formula is C15H24N6O. The fraction of sp³-hybridized carbons (Fsp3) is 0.600. The zero-order valence-electron chi connectivity index (χ0n) is 13.7. The standard InChI is InChI=1S/C15H24N6O/c1-5-14-12(3)19-21(13(14)4)7-6-17-15(22)11(2)8-20-10-16-9-18-20/h9-11H,5-8H2,1-4H3,(H,17,22)/t11-/m0/s1. The lowest BCUT2D eigenvalue weighted by Gasteiger charge is -2.12. The zero-order valence-corrected chi connectivity index (χ0v) is 13.7. The van der Waals surface area contributed by atoms with E-state index in [1.54, 1.807) is 11.0 Å². The highest BCUT2D eigenvalue weighted by Gasteiger charge is 2.14. The molecule has 120 valence electrons. The first-order chi connectivity index (χ1) is 10.5. The van der Waals surface area contributed by atoms with E-state index in [0.717, 1.165) is 12.1 Å². The molecule has 1 N–H and O–H groups in total. The molecule has 0 radical (unpaired) electrons. The van der Waals surface area contributed by atoms with Crippen LogP contribution in [0.25, 0.3) is 0 Å². The van der Waals surface area contributed by atoms with E-state index in [0.29, 0.717) is 19.6 Å². The molecule has 0 aliphatic carbocycles. The highest BCUT2D eigenvalue weighted by Crippen LogP contribution is 2.13. The molecule has 0 fully saturated rings. The van der Waals surface area contributed by atoms with Gasteiger partial charge in [-0.3, -0.25) is 14.2 Å². The summed E-state index contributed by atoms with van der Waals surface area (Å²) in [6.45, 7) is 9.92. The minimum atomic E-state index is -0.145. The smallest absolute Gasteiger partial charge is 0.224 e. The Hall–Kier alpha value is -2.18. The molecule has 0 bridgehead atoms. The number of aryl methyl sites for hydroxylation is 1. The van der Waals surface area contributed by atoms with Crippen LogP contribution in [0.15, 0.2) is 12.7 Å². The molecule has 0 saturated carbocycles. The van der Waals surface area contributed by atoms with Gasteiger partial charge in [-0.1, -0.05) is 13.8 Å². The number of nitrogens with one attached hydrogen (secondary N) is 1. The van der Waals surface area contributed by atoms with Gasteiger partial charge in [0.25, 0.3) is 0 Å². The average molecular weight is 304 g/mol. The maximum Gasteiger partial charge on any atom is 0.224 e. The van der Waals surface area contributed by atoms with Gasteiger partial charge in [-0.05, 0) is 25.8 Å². The van der Waals surface area contributed by atoms with Crippen LogP contribution >= 0.6 is 0 Å². The van der Waals surface area contributed by atoms with Gasteiger partial charge in [-0.2, -0.15) is 10.2 Å². The first kappa shape index (κ1) is 16.2. The molecule has 0 aliphatic heterocycles. The van der Waals surface area contributed by atoms with Gasteiger partial charge in [-0.15, -0.1) is 0 Å². The minimum absolute atomic E-state index is 0.0211. The summed E-state index contributed by atoms with van der Waals surface area (Å²) in [7, 11) is 0. The number of hydrogen-bond donors (Lipinski definition) is 1. The number of hydrogen-bond acceptors (Lipinski definition) is 4. The number of aromatic nitrogens is 5.